The molecule has 11 heteroatoms. The van der Waals surface area contributed by atoms with Crippen molar-refractivity contribution in [1.82, 2.24) is 14.6 Å². The van der Waals surface area contributed by atoms with Gasteiger partial charge in [0, 0.05) is 41.2 Å². The van der Waals surface area contributed by atoms with Crippen molar-refractivity contribution in [2.75, 3.05) is 0 Å². The monoisotopic (exact) mass is 530 g/mol. The minimum atomic E-state index is -3.22. The lowest BCUT2D eigenvalue weighted by molar-refractivity contribution is 0.0948. The lowest BCUT2D eigenvalue weighted by atomic mass is 9.98. The topological polar surface area (TPSA) is 104 Å². The molecule has 0 aliphatic heterocycles. The number of aromatic nitrogens is 1. The summed E-state index contributed by atoms with van der Waals surface area (Å²) >= 11 is 0. The first-order chi connectivity index (χ1) is 17.4. The van der Waals surface area contributed by atoms with Crippen LogP contribution in [0.1, 0.15) is 53.5 Å². The quantitative estimate of drug-likeness (QED) is 0.255. The zero-order valence-corrected chi connectivity index (χ0v) is 21.2. The Morgan fingerprint density at radius 2 is 1.92 bits per heavy atom. The van der Waals surface area contributed by atoms with Crippen LogP contribution in [0.3, 0.4) is 0 Å². The van der Waals surface area contributed by atoms with Crippen LogP contribution in [0.4, 0.5) is 13.2 Å². The first-order valence-electron chi connectivity index (χ1n) is 11.1. The van der Waals surface area contributed by atoms with Gasteiger partial charge in [-0.3, -0.25) is 9.59 Å². The second-order valence-corrected chi connectivity index (χ2v) is 10.6. The molecule has 1 amide bonds. The van der Waals surface area contributed by atoms with Crippen LogP contribution in [-0.4, -0.2) is 20.6 Å². The van der Waals surface area contributed by atoms with Gasteiger partial charge >= 0.3 is 0 Å². The van der Waals surface area contributed by atoms with Crippen molar-refractivity contribution in [3.8, 4) is 17.3 Å². The van der Waals surface area contributed by atoms with Crippen LogP contribution in [-0.2, 0) is 16.3 Å². The van der Waals surface area contributed by atoms with E-state index < -0.39 is 33.3 Å². The molecule has 1 unspecified atom stereocenters. The van der Waals surface area contributed by atoms with Gasteiger partial charge in [-0.05, 0) is 50.4 Å². The molecular formula is C26H25F3N4O3S. The van der Waals surface area contributed by atoms with Gasteiger partial charge in [0.15, 0.2) is 6.19 Å². The van der Waals surface area contributed by atoms with Crippen LogP contribution in [0, 0.1) is 24.2 Å². The molecular weight excluding hydrogens is 505 g/mol. The summed E-state index contributed by atoms with van der Waals surface area (Å²) in [6, 6.07) is 8.82. The van der Waals surface area contributed by atoms with Gasteiger partial charge in [0.2, 0.25) is 5.43 Å². The van der Waals surface area contributed by atoms with Gasteiger partial charge < -0.3 is 9.88 Å². The average molecular weight is 531 g/mol. The van der Waals surface area contributed by atoms with E-state index in [0.29, 0.717) is 5.69 Å². The number of benzene rings is 2. The fraction of sp³-hybridized carbons (Fsp3) is 0.231. The van der Waals surface area contributed by atoms with E-state index >= 15 is 0 Å². The van der Waals surface area contributed by atoms with E-state index in [1.165, 1.54) is 48.8 Å². The Morgan fingerprint density at radius 1 is 1.22 bits per heavy atom. The Morgan fingerprint density at radius 3 is 2.51 bits per heavy atom. The lowest BCUT2D eigenvalue weighted by Crippen LogP contribution is -2.31. The number of nitrogens with zero attached hydrogens (tertiary/aromatic N) is 2. The summed E-state index contributed by atoms with van der Waals surface area (Å²) in [6.07, 6.45) is 0.172. The molecule has 1 atom stereocenters. The van der Waals surface area contributed by atoms with Crippen LogP contribution in [0.25, 0.3) is 11.1 Å². The molecule has 194 valence electrons. The molecule has 0 fully saturated rings. The molecule has 7 nitrogen and oxygen atoms in total. The Hall–Kier alpha value is -4.04. The molecule has 0 aliphatic carbocycles. The first kappa shape index (κ1) is 27.5. The fourth-order valence-corrected chi connectivity index (χ4v) is 4.72. The van der Waals surface area contributed by atoms with E-state index in [2.05, 4.69) is 11.2 Å². The number of hydrogen-bond donors (Lipinski definition) is 2. The van der Waals surface area contributed by atoms with Gasteiger partial charge in [-0.15, -0.1) is 0 Å². The van der Waals surface area contributed by atoms with Gasteiger partial charge in [-0.1, -0.05) is 24.3 Å². The Labute approximate surface area is 212 Å². The molecule has 0 aliphatic rings. The van der Waals surface area contributed by atoms with Crippen molar-refractivity contribution in [1.29, 1.82) is 5.26 Å². The summed E-state index contributed by atoms with van der Waals surface area (Å²) in [6.45, 7) is 5.07. The highest BCUT2D eigenvalue weighted by Crippen LogP contribution is 2.27. The summed E-state index contributed by atoms with van der Waals surface area (Å²) in [4.78, 5) is 26.4. The zero-order valence-electron chi connectivity index (χ0n) is 20.3. The van der Waals surface area contributed by atoms with Crippen molar-refractivity contribution < 1.29 is 22.2 Å². The number of amides is 1. The summed E-state index contributed by atoms with van der Waals surface area (Å²) in [5.74, 6) is 1.81. The number of nitriles is 1. The normalized spacial score (nSPS) is 12.7. The third kappa shape index (κ3) is 5.86. The SMILES string of the molecule is C=S(=O)(NC#N)c1ccc(CNC(=O)c2cn(C(C)C)c(C)c(-c3cccc(C(F)F)c3)c2=O)c(F)c1. The number of carbonyl (C=O) groups excluding carboxylic acids is 1. The fourth-order valence-electron chi connectivity index (χ4n) is 3.87. The van der Waals surface area contributed by atoms with Crippen molar-refractivity contribution in [2.24, 2.45) is 0 Å². The third-order valence-electron chi connectivity index (χ3n) is 5.77. The predicted molar refractivity (Wildman–Crippen MR) is 136 cm³/mol. The van der Waals surface area contributed by atoms with Gasteiger partial charge in [0.1, 0.15) is 11.4 Å². The zero-order chi connectivity index (χ0) is 27.5. The first-order valence-corrected chi connectivity index (χ1v) is 12.8. The smallest absolute Gasteiger partial charge is 0.263 e. The summed E-state index contributed by atoms with van der Waals surface area (Å²) in [5.41, 5.74) is -0.195. The molecule has 3 rings (SSSR count). The molecule has 0 saturated heterocycles. The van der Waals surface area contributed by atoms with Crippen molar-refractivity contribution in [3.63, 3.8) is 0 Å². The predicted octanol–water partition coefficient (Wildman–Crippen LogP) is 4.47. The van der Waals surface area contributed by atoms with Gasteiger partial charge in [0.25, 0.3) is 12.3 Å². The van der Waals surface area contributed by atoms with Crippen LogP contribution < -0.4 is 15.5 Å². The van der Waals surface area contributed by atoms with E-state index in [4.69, 9.17) is 5.26 Å². The van der Waals surface area contributed by atoms with E-state index in [1.807, 2.05) is 18.6 Å². The molecule has 2 N–H and O–H groups in total. The molecule has 0 saturated carbocycles. The molecule has 0 spiro atoms. The molecule has 1 heterocycles. The number of alkyl halides is 2. The summed E-state index contributed by atoms with van der Waals surface area (Å²) < 4.78 is 57.2. The van der Waals surface area contributed by atoms with E-state index in [0.717, 1.165) is 6.07 Å². The molecule has 1 aromatic heterocycles. The summed E-state index contributed by atoms with van der Waals surface area (Å²) in [5, 5.41) is 11.2. The van der Waals surface area contributed by atoms with Gasteiger partial charge in [0.05, 0.1) is 14.6 Å². The standard InChI is InChI=1S/C26H25F3N4O3S/c1-15(2)33-13-21(24(34)23(16(33)3)17-6-5-7-18(10-17)25(28)29)26(35)31-12-19-8-9-20(11-22(19)27)37(4,36)32-14-30/h5-11,13,15,25H,4,12H2,1-3H3,(H,31,35)(H,32,36). The minimum absolute atomic E-state index is 0.0318. The number of nitrogens with one attached hydrogen (secondary N) is 2. The second kappa shape index (κ2) is 10.9. The van der Waals surface area contributed by atoms with Crippen LogP contribution in [0.5, 0.6) is 0 Å². The number of pyridine rings is 1. The lowest BCUT2D eigenvalue weighted by Gasteiger charge is -2.20. The Balaban J connectivity index is 1.98. The number of rotatable bonds is 8. The molecule has 3 aromatic rings. The average Bonchev–Trinajstić information content (AvgIpc) is 2.83. The number of halogens is 3. The highest BCUT2D eigenvalue weighted by atomic mass is 32.2. The van der Waals surface area contributed by atoms with Crippen LogP contribution in [0.15, 0.2) is 58.4 Å². The highest BCUT2D eigenvalue weighted by molar-refractivity contribution is 7.98. The maximum absolute atomic E-state index is 14.6. The van der Waals surface area contributed by atoms with Crippen molar-refractivity contribution in [2.45, 2.75) is 44.7 Å². The number of hydrogen-bond acceptors (Lipinski definition) is 4. The Kier molecular flexibility index (Phi) is 8.13. The van der Waals surface area contributed by atoms with Crippen molar-refractivity contribution >= 4 is 21.5 Å². The Bertz CT molecular complexity index is 1560. The van der Waals surface area contributed by atoms with E-state index in [9.17, 15) is 27.0 Å². The molecule has 2 aromatic carbocycles. The third-order valence-corrected chi connectivity index (χ3v) is 7.21. The minimum Gasteiger partial charge on any atom is -0.348 e. The highest BCUT2D eigenvalue weighted by Gasteiger charge is 2.21. The number of carbonyl (C=O) groups is 1. The molecule has 37 heavy (non-hydrogen) atoms. The van der Waals surface area contributed by atoms with E-state index in [1.54, 1.807) is 11.5 Å². The molecule has 0 bridgehead atoms. The summed E-state index contributed by atoms with van der Waals surface area (Å²) in [7, 11) is -3.22. The van der Waals surface area contributed by atoms with Gasteiger partial charge in [-0.2, -0.15) is 5.26 Å². The maximum Gasteiger partial charge on any atom is 0.263 e. The largest absolute Gasteiger partial charge is 0.348 e. The van der Waals surface area contributed by atoms with Crippen LogP contribution >= 0.6 is 0 Å². The maximum atomic E-state index is 14.6. The van der Waals surface area contributed by atoms with Crippen molar-refractivity contribution in [3.05, 3.63) is 87.1 Å². The van der Waals surface area contributed by atoms with Gasteiger partial charge in [-0.25, -0.2) is 22.1 Å². The van der Waals surface area contributed by atoms with Crippen LogP contribution in [0.2, 0.25) is 0 Å². The van der Waals surface area contributed by atoms with E-state index in [-0.39, 0.29) is 45.3 Å². The molecule has 0 radical (unpaired) electrons. The second-order valence-electron chi connectivity index (χ2n) is 8.58.